The molecule has 0 bridgehead atoms. The molecule has 1 atom stereocenters. The summed E-state index contributed by atoms with van der Waals surface area (Å²) in [6.45, 7) is 3.43. The number of carboxylic acids is 1. The van der Waals surface area contributed by atoms with Crippen LogP contribution < -0.4 is 5.32 Å². The molecule has 0 aliphatic rings. The molecule has 5 heteroatoms. The number of thioether (sulfide) groups is 1. The standard InChI is InChI=1S/C9H17NO3S/c1-4-5-9(2,8(12)13)10-7(11)6-14-3/h4-6H2,1-3H3,(H,10,11)(H,12,13). The summed E-state index contributed by atoms with van der Waals surface area (Å²) >= 11 is 1.38. The van der Waals surface area contributed by atoms with Gasteiger partial charge in [0.2, 0.25) is 5.91 Å². The molecule has 1 amide bonds. The summed E-state index contributed by atoms with van der Waals surface area (Å²) in [7, 11) is 0. The van der Waals surface area contributed by atoms with Crippen molar-refractivity contribution in [2.45, 2.75) is 32.2 Å². The second-order valence-corrected chi connectivity index (χ2v) is 4.23. The minimum atomic E-state index is -1.12. The number of nitrogens with one attached hydrogen (secondary N) is 1. The quantitative estimate of drug-likeness (QED) is 0.702. The summed E-state index contributed by atoms with van der Waals surface area (Å²) in [6.07, 6.45) is 2.97. The van der Waals surface area contributed by atoms with Crippen LogP contribution in [0, 0.1) is 0 Å². The number of hydrogen-bond acceptors (Lipinski definition) is 3. The highest BCUT2D eigenvalue weighted by Gasteiger charge is 2.33. The smallest absolute Gasteiger partial charge is 0.329 e. The molecule has 0 aromatic heterocycles. The number of carbonyl (C=O) groups excluding carboxylic acids is 1. The molecule has 0 aliphatic heterocycles. The number of amides is 1. The van der Waals surface area contributed by atoms with Crippen molar-refractivity contribution >= 4 is 23.6 Å². The van der Waals surface area contributed by atoms with Crippen LogP contribution in [0.2, 0.25) is 0 Å². The zero-order valence-electron chi connectivity index (χ0n) is 8.79. The van der Waals surface area contributed by atoms with Gasteiger partial charge in [-0.05, 0) is 19.6 Å². The first-order valence-corrected chi connectivity index (χ1v) is 5.89. The Morgan fingerprint density at radius 2 is 2.07 bits per heavy atom. The van der Waals surface area contributed by atoms with Crippen molar-refractivity contribution in [3.63, 3.8) is 0 Å². The highest BCUT2D eigenvalue weighted by Crippen LogP contribution is 2.12. The van der Waals surface area contributed by atoms with Crippen LogP contribution in [0.4, 0.5) is 0 Å². The lowest BCUT2D eigenvalue weighted by atomic mass is 9.96. The lowest BCUT2D eigenvalue weighted by Gasteiger charge is -2.25. The fraction of sp³-hybridized carbons (Fsp3) is 0.778. The number of carbonyl (C=O) groups is 2. The summed E-state index contributed by atoms with van der Waals surface area (Å²) in [4.78, 5) is 22.2. The Kier molecular flexibility index (Phi) is 5.60. The maximum Gasteiger partial charge on any atom is 0.329 e. The molecular formula is C9H17NO3S. The van der Waals surface area contributed by atoms with E-state index in [2.05, 4.69) is 5.32 Å². The molecule has 0 rings (SSSR count). The highest BCUT2D eigenvalue weighted by molar-refractivity contribution is 7.99. The van der Waals surface area contributed by atoms with E-state index < -0.39 is 11.5 Å². The Morgan fingerprint density at radius 1 is 1.50 bits per heavy atom. The molecule has 82 valence electrons. The van der Waals surface area contributed by atoms with E-state index in [1.807, 2.05) is 6.92 Å². The average molecular weight is 219 g/mol. The first-order chi connectivity index (χ1) is 6.46. The fourth-order valence-corrected chi connectivity index (χ4v) is 1.53. The van der Waals surface area contributed by atoms with E-state index in [0.717, 1.165) is 6.42 Å². The van der Waals surface area contributed by atoms with Gasteiger partial charge in [0.15, 0.2) is 0 Å². The molecule has 0 aromatic carbocycles. The SMILES string of the molecule is CCCC(C)(NC(=O)CSC)C(=O)O. The molecule has 0 radical (unpaired) electrons. The Hall–Kier alpha value is -0.710. The van der Waals surface area contributed by atoms with E-state index in [-0.39, 0.29) is 5.91 Å². The zero-order valence-corrected chi connectivity index (χ0v) is 9.61. The fourth-order valence-electron chi connectivity index (χ4n) is 1.20. The lowest BCUT2D eigenvalue weighted by Crippen LogP contribution is -2.52. The van der Waals surface area contributed by atoms with E-state index >= 15 is 0 Å². The van der Waals surface area contributed by atoms with Crippen molar-refractivity contribution in [3.8, 4) is 0 Å². The van der Waals surface area contributed by atoms with Crippen molar-refractivity contribution in [2.75, 3.05) is 12.0 Å². The third kappa shape index (κ3) is 4.00. The van der Waals surface area contributed by atoms with Crippen molar-refractivity contribution in [1.29, 1.82) is 0 Å². The first-order valence-electron chi connectivity index (χ1n) is 4.49. The van der Waals surface area contributed by atoms with Gasteiger partial charge in [0.1, 0.15) is 5.54 Å². The summed E-state index contributed by atoms with van der Waals surface area (Å²) in [6, 6.07) is 0. The third-order valence-corrected chi connectivity index (χ3v) is 2.46. The van der Waals surface area contributed by atoms with Gasteiger partial charge in [0, 0.05) is 0 Å². The van der Waals surface area contributed by atoms with Crippen molar-refractivity contribution in [1.82, 2.24) is 5.32 Å². The van der Waals surface area contributed by atoms with Crippen molar-refractivity contribution in [3.05, 3.63) is 0 Å². The van der Waals surface area contributed by atoms with Gasteiger partial charge in [-0.25, -0.2) is 4.79 Å². The largest absolute Gasteiger partial charge is 0.480 e. The molecule has 0 aliphatic carbocycles. The Morgan fingerprint density at radius 3 is 2.43 bits per heavy atom. The minimum absolute atomic E-state index is 0.226. The van der Waals surface area contributed by atoms with Gasteiger partial charge in [-0.1, -0.05) is 13.3 Å². The second kappa shape index (κ2) is 5.90. The van der Waals surface area contributed by atoms with Gasteiger partial charge >= 0.3 is 5.97 Å². The normalized spacial score (nSPS) is 14.5. The van der Waals surface area contributed by atoms with Crippen LogP contribution >= 0.6 is 11.8 Å². The molecule has 0 aromatic rings. The molecule has 4 nitrogen and oxygen atoms in total. The molecule has 0 saturated heterocycles. The maximum absolute atomic E-state index is 11.2. The summed E-state index contributed by atoms with van der Waals surface area (Å²) in [5.74, 6) is -0.906. The summed E-state index contributed by atoms with van der Waals surface area (Å²) < 4.78 is 0. The van der Waals surface area contributed by atoms with Gasteiger partial charge in [-0.2, -0.15) is 11.8 Å². The van der Waals surface area contributed by atoms with Crippen LogP contribution in [-0.4, -0.2) is 34.5 Å². The highest BCUT2D eigenvalue weighted by atomic mass is 32.2. The number of carboxylic acid groups (broad SMARTS) is 1. The van der Waals surface area contributed by atoms with Crippen molar-refractivity contribution < 1.29 is 14.7 Å². The Balaban J connectivity index is 4.36. The number of hydrogen-bond donors (Lipinski definition) is 2. The molecule has 1 unspecified atom stereocenters. The lowest BCUT2D eigenvalue weighted by molar-refractivity contribution is -0.146. The van der Waals surface area contributed by atoms with Crippen LogP contribution in [0.25, 0.3) is 0 Å². The molecule has 0 heterocycles. The number of rotatable bonds is 6. The van der Waals surface area contributed by atoms with Crippen LogP contribution in [0.1, 0.15) is 26.7 Å². The molecule has 14 heavy (non-hydrogen) atoms. The average Bonchev–Trinajstić information content (AvgIpc) is 2.04. The third-order valence-electron chi connectivity index (χ3n) is 1.91. The molecule has 2 N–H and O–H groups in total. The second-order valence-electron chi connectivity index (χ2n) is 3.37. The zero-order chi connectivity index (χ0) is 11.2. The van der Waals surface area contributed by atoms with Crippen molar-refractivity contribution in [2.24, 2.45) is 0 Å². The predicted molar refractivity (Wildman–Crippen MR) is 57.5 cm³/mol. The van der Waals surface area contributed by atoms with Crippen LogP contribution in [0.5, 0.6) is 0 Å². The molecule has 0 fully saturated rings. The minimum Gasteiger partial charge on any atom is -0.480 e. The van der Waals surface area contributed by atoms with Crippen LogP contribution in [0.3, 0.4) is 0 Å². The summed E-state index contributed by atoms with van der Waals surface area (Å²) in [5.41, 5.74) is -1.12. The van der Waals surface area contributed by atoms with Crippen LogP contribution in [-0.2, 0) is 9.59 Å². The Labute approximate surface area is 88.4 Å². The first kappa shape index (κ1) is 13.3. The number of aliphatic carboxylic acids is 1. The van der Waals surface area contributed by atoms with E-state index in [1.165, 1.54) is 18.7 Å². The van der Waals surface area contributed by atoms with E-state index in [4.69, 9.17) is 5.11 Å². The van der Waals surface area contributed by atoms with Crippen LogP contribution in [0.15, 0.2) is 0 Å². The van der Waals surface area contributed by atoms with Gasteiger partial charge in [0.25, 0.3) is 0 Å². The monoisotopic (exact) mass is 219 g/mol. The molecule has 0 saturated carbocycles. The van der Waals surface area contributed by atoms with E-state index in [9.17, 15) is 9.59 Å². The van der Waals surface area contributed by atoms with Gasteiger partial charge in [-0.3, -0.25) is 4.79 Å². The summed E-state index contributed by atoms with van der Waals surface area (Å²) in [5, 5.41) is 11.5. The topological polar surface area (TPSA) is 66.4 Å². The van der Waals surface area contributed by atoms with E-state index in [1.54, 1.807) is 6.26 Å². The van der Waals surface area contributed by atoms with Gasteiger partial charge in [0.05, 0.1) is 5.75 Å². The predicted octanol–water partition coefficient (Wildman–Crippen LogP) is 1.11. The Bertz CT molecular complexity index is 220. The van der Waals surface area contributed by atoms with Gasteiger partial charge in [-0.15, -0.1) is 0 Å². The molecule has 0 spiro atoms. The maximum atomic E-state index is 11.2. The van der Waals surface area contributed by atoms with Gasteiger partial charge < -0.3 is 10.4 Å². The molecular weight excluding hydrogens is 202 g/mol. The van der Waals surface area contributed by atoms with E-state index in [0.29, 0.717) is 12.2 Å².